The van der Waals surface area contributed by atoms with Crippen LogP contribution in [0.25, 0.3) is 10.6 Å². The van der Waals surface area contributed by atoms with Gasteiger partial charge < -0.3 is 10.1 Å². The van der Waals surface area contributed by atoms with Crippen molar-refractivity contribution in [3.8, 4) is 10.6 Å². The lowest BCUT2D eigenvalue weighted by molar-refractivity contribution is -0.139. The Balaban J connectivity index is 2.19. The van der Waals surface area contributed by atoms with Crippen molar-refractivity contribution in [2.45, 2.75) is 26.7 Å². The fourth-order valence-corrected chi connectivity index (χ4v) is 3.02. The van der Waals surface area contributed by atoms with Crippen molar-refractivity contribution >= 4 is 23.2 Å². The molecule has 0 radical (unpaired) electrons. The van der Waals surface area contributed by atoms with Crippen LogP contribution in [-0.4, -0.2) is 35.5 Å². The minimum Gasteiger partial charge on any atom is -0.468 e. The number of hydrogen-bond acceptors (Lipinski definition) is 6. The Hall–Kier alpha value is -2.28. The highest BCUT2D eigenvalue weighted by Gasteiger charge is 2.17. The van der Waals surface area contributed by atoms with Crippen LogP contribution in [-0.2, 0) is 16.0 Å². The second-order valence-electron chi connectivity index (χ2n) is 4.98. The van der Waals surface area contributed by atoms with E-state index >= 15 is 0 Å². The van der Waals surface area contributed by atoms with Crippen molar-refractivity contribution in [1.29, 1.82) is 0 Å². The summed E-state index contributed by atoms with van der Waals surface area (Å²) in [5, 5.41) is 3.30. The topological polar surface area (TPSA) is 81.2 Å². The van der Waals surface area contributed by atoms with Gasteiger partial charge in [-0.25, -0.2) is 4.98 Å². The Morgan fingerprint density at radius 2 is 2.17 bits per heavy atom. The van der Waals surface area contributed by atoms with Gasteiger partial charge in [0.2, 0.25) is 0 Å². The first kappa shape index (κ1) is 17.1. The quantitative estimate of drug-likeness (QED) is 0.821. The molecule has 0 saturated carbocycles. The molecular formula is C16H19N3O3S. The van der Waals surface area contributed by atoms with Crippen molar-refractivity contribution in [2.75, 3.05) is 13.7 Å². The van der Waals surface area contributed by atoms with E-state index in [2.05, 4.69) is 26.9 Å². The molecule has 0 fully saturated rings. The molecule has 0 aliphatic rings. The van der Waals surface area contributed by atoms with E-state index in [1.807, 2.05) is 12.1 Å². The summed E-state index contributed by atoms with van der Waals surface area (Å²) < 4.78 is 4.50. The van der Waals surface area contributed by atoms with Crippen LogP contribution in [0.3, 0.4) is 0 Å². The van der Waals surface area contributed by atoms with E-state index in [1.165, 1.54) is 18.4 Å². The lowest BCUT2D eigenvalue weighted by atomic mass is 10.2. The summed E-state index contributed by atoms with van der Waals surface area (Å²) in [6.45, 7) is 3.73. The van der Waals surface area contributed by atoms with E-state index in [0.717, 1.165) is 29.1 Å². The van der Waals surface area contributed by atoms with Crippen LogP contribution in [0.5, 0.6) is 0 Å². The molecule has 1 amide bonds. The molecule has 2 rings (SSSR count). The third kappa shape index (κ3) is 4.35. The summed E-state index contributed by atoms with van der Waals surface area (Å²) in [6.07, 6.45) is 3.69. The molecule has 0 unspecified atom stereocenters. The Morgan fingerprint density at radius 3 is 2.87 bits per heavy atom. The standard InChI is InChI=1S/C16H19N3O3S/c1-4-5-12-8-11(6-7-17-12)16-19-10(2)14(23-16)15(21)18-9-13(20)22-3/h6-8H,4-5,9H2,1-3H3,(H,18,21). The van der Waals surface area contributed by atoms with Gasteiger partial charge in [-0.2, -0.15) is 0 Å². The van der Waals surface area contributed by atoms with Gasteiger partial charge in [-0.05, 0) is 25.5 Å². The van der Waals surface area contributed by atoms with Gasteiger partial charge in [-0.3, -0.25) is 14.6 Å². The summed E-state index contributed by atoms with van der Waals surface area (Å²) >= 11 is 1.30. The number of aryl methyl sites for hydroxylation is 2. The molecule has 6 nitrogen and oxygen atoms in total. The molecule has 122 valence electrons. The SMILES string of the molecule is CCCc1cc(-c2nc(C)c(C(=O)NCC(=O)OC)s2)ccn1. The molecule has 23 heavy (non-hydrogen) atoms. The first-order chi connectivity index (χ1) is 11.0. The minimum absolute atomic E-state index is 0.155. The van der Waals surface area contributed by atoms with Crippen LogP contribution in [0.15, 0.2) is 18.3 Å². The number of ether oxygens (including phenoxy) is 1. The van der Waals surface area contributed by atoms with Gasteiger partial charge in [-0.15, -0.1) is 11.3 Å². The van der Waals surface area contributed by atoms with E-state index < -0.39 is 5.97 Å². The molecule has 0 spiro atoms. The number of pyridine rings is 1. The second kappa shape index (κ2) is 7.82. The van der Waals surface area contributed by atoms with Crippen LogP contribution in [0, 0.1) is 6.92 Å². The number of nitrogens with one attached hydrogen (secondary N) is 1. The van der Waals surface area contributed by atoms with Gasteiger partial charge in [0, 0.05) is 17.5 Å². The van der Waals surface area contributed by atoms with Crippen LogP contribution in [0.2, 0.25) is 0 Å². The number of amides is 1. The first-order valence-electron chi connectivity index (χ1n) is 7.33. The molecule has 2 aromatic rings. The summed E-state index contributed by atoms with van der Waals surface area (Å²) in [5.41, 5.74) is 2.60. The highest BCUT2D eigenvalue weighted by molar-refractivity contribution is 7.17. The smallest absolute Gasteiger partial charge is 0.325 e. The molecule has 0 aliphatic carbocycles. The van der Waals surface area contributed by atoms with Crippen LogP contribution in [0.4, 0.5) is 0 Å². The number of carbonyl (C=O) groups is 2. The maximum atomic E-state index is 12.1. The van der Waals surface area contributed by atoms with Gasteiger partial charge >= 0.3 is 5.97 Å². The highest BCUT2D eigenvalue weighted by atomic mass is 32.1. The van der Waals surface area contributed by atoms with Gasteiger partial charge in [0.15, 0.2) is 0 Å². The summed E-state index contributed by atoms with van der Waals surface area (Å²) in [5.74, 6) is -0.807. The van der Waals surface area contributed by atoms with E-state index in [9.17, 15) is 9.59 Å². The molecule has 1 N–H and O–H groups in total. The lowest BCUT2D eigenvalue weighted by Crippen LogP contribution is -2.29. The van der Waals surface area contributed by atoms with Crippen molar-refractivity contribution in [1.82, 2.24) is 15.3 Å². The third-order valence-electron chi connectivity index (χ3n) is 3.19. The molecule has 0 bridgehead atoms. The maximum absolute atomic E-state index is 12.1. The monoisotopic (exact) mass is 333 g/mol. The fourth-order valence-electron chi connectivity index (χ4n) is 2.04. The molecule has 2 aromatic heterocycles. The van der Waals surface area contributed by atoms with E-state index in [0.29, 0.717) is 10.6 Å². The molecular weight excluding hydrogens is 314 g/mol. The van der Waals surface area contributed by atoms with E-state index in [1.54, 1.807) is 13.1 Å². The summed E-state index contributed by atoms with van der Waals surface area (Å²) in [7, 11) is 1.28. The predicted octanol–water partition coefficient (Wildman–Crippen LogP) is 2.37. The van der Waals surface area contributed by atoms with Crippen molar-refractivity contribution in [3.63, 3.8) is 0 Å². The largest absolute Gasteiger partial charge is 0.468 e. The van der Waals surface area contributed by atoms with Crippen LogP contribution in [0.1, 0.15) is 34.4 Å². The number of thiazole rings is 1. The van der Waals surface area contributed by atoms with Crippen molar-refractivity contribution in [2.24, 2.45) is 0 Å². The van der Waals surface area contributed by atoms with Crippen molar-refractivity contribution in [3.05, 3.63) is 34.6 Å². The normalized spacial score (nSPS) is 10.4. The molecule has 0 aliphatic heterocycles. The molecule has 0 aromatic carbocycles. The average Bonchev–Trinajstić information content (AvgIpc) is 2.95. The zero-order chi connectivity index (χ0) is 16.8. The summed E-state index contributed by atoms with van der Waals surface area (Å²) in [4.78, 5) is 32.5. The van der Waals surface area contributed by atoms with Crippen molar-refractivity contribution < 1.29 is 14.3 Å². The number of hydrogen-bond donors (Lipinski definition) is 1. The van der Waals surface area contributed by atoms with Gasteiger partial charge in [-0.1, -0.05) is 13.3 Å². The Kier molecular flexibility index (Phi) is 5.81. The first-order valence-corrected chi connectivity index (χ1v) is 8.14. The maximum Gasteiger partial charge on any atom is 0.325 e. The second-order valence-corrected chi connectivity index (χ2v) is 5.98. The number of methoxy groups -OCH3 is 1. The van der Waals surface area contributed by atoms with E-state index in [4.69, 9.17) is 0 Å². The molecule has 0 saturated heterocycles. The highest BCUT2D eigenvalue weighted by Crippen LogP contribution is 2.28. The Bertz CT molecular complexity index is 712. The Morgan fingerprint density at radius 1 is 1.39 bits per heavy atom. The fraction of sp³-hybridized carbons (Fsp3) is 0.375. The molecule has 2 heterocycles. The van der Waals surface area contributed by atoms with Gasteiger partial charge in [0.25, 0.3) is 5.91 Å². The average molecular weight is 333 g/mol. The van der Waals surface area contributed by atoms with Gasteiger partial charge in [0.05, 0.1) is 12.8 Å². The number of aromatic nitrogens is 2. The number of nitrogens with zero attached hydrogens (tertiary/aromatic N) is 2. The lowest BCUT2D eigenvalue weighted by Gasteiger charge is -2.02. The van der Waals surface area contributed by atoms with Crippen LogP contribution >= 0.6 is 11.3 Å². The zero-order valence-corrected chi connectivity index (χ0v) is 14.2. The van der Waals surface area contributed by atoms with Crippen LogP contribution < -0.4 is 5.32 Å². The molecule has 0 atom stereocenters. The number of esters is 1. The molecule has 7 heteroatoms. The zero-order valence-electron chi connectivity index (χ0n) is 13.4. The number of rotatable bonds is 6. The minimum atomic E-state index is -0.487. The Labute approximate surface area is 138 Å². The van der Waals surface area contributed by atoms with E-state index in [-0.39, 0.29) is 12.5 Å². The third-order valence-corrected chi connectivity index (χ3v) is 4.40. The summed E-state index contributed by atoms with van der Waals surface area (Å²) in [6, 6.07) is 3.88. The number of carbonyl (C=O) groups excluding carboxylic acids is 2. The van der Waals surface area contributed by atoms with Gasteiger partial charge in [0.1, 0.15) is 16.4 Å². The predicted molar refractivity (Wildman–Crippen MR) is 88.4 cm³/mol.